The molecule has 1 aliphatic heterocycles. The minimum absolute atomic E-state index is 0.187. The smallest absolute Gasteiger partial charge is 0.255 e. The van der Waals surface area contributed by atoms with Crippen LogP contribution in [0, 0.1) is 0 Å². The summed E-state index contributed by atoms with van der Waals surface area (Å²) in [6.45, 7) is 1.87. The van der Waals surface area contributed by atoms with Crippen molar-refractivity contribution in [1.82, 2.24) is 14.8 Å². The Labute approximate surface area is 156 Å². The number of carbonyl (C=O) groups excluding carboxylic acids is 1. The lowest BCUT2D eigenvalue weighted by Gasteiger charge is -2.28. The lowest BCUT2D eigenvalue weighted by molar-refractivity contribution is -0.113. The molecule has 27 heavy (non-hydrogen) atoms. The summed E-state index contributed by atoms with van der Waals surface area (Å²) in [5, 5.41) is 10.5. The van der Waals surface area contributed by atoms with Crippen molar-refractivity contribution in [2.45, 2.75) is 13.0 Å². The van der Waals surface area contributed by atoms with E-state index in [1.165, 1.54) is 6.33 Å². The number of anilines is 2. The Bertz CT molecular complexity index is 993. The number of methoxy groups -OCH3 is 1. The van der Waals surface area contributed by atoms with Crippen LogP contribution in [-0.4, -0.2) is 27.8 Å². The van der Waals surface area contributed by atoms with Gasteiger partial charge in [-0.15, -0.1) is 0 Å². The second-order valence-electron chi connectivity index (χ2n) is 6.19. The molecule has 4 rings (SSSR count). The number of para-hydroxylation sites is 1. The maximum Gasteiger partial charge on any atom is 0.255 e. The van der Waals surface area contributed by atoms with Crippen molar-refractivity contribution < 1.29 is 9.53 Å². The quantitative estimate of drug-likeness (QED) is 0.746. The van der Waals surface area contributed by atoms with E-state index in [4.69, 9.17) is 4.74 Å². The maximum atomic E-state index is 13.1. The van der Waals surface area contributed by atoms with Crippen molar-refractivity contribution in [1.29, 1.82) is 0 Å². The van der Waals surface area contributed by atoms with Crippen LogP contribution < -0.4 is 15.4 Å². The molecule has 0 unspecified atom stereocenters. The number of carbonyl (C=O) groups is 1. The molecule has 136 valence electrons. The standard InChI is InChI=1S/C20H19N5O2/c1-13-17(19(26)24-15-6-4-3-5-7-15)18(25-20(23-13)21-12-22-25)14-8-10-16(27-2)11-9-14/h3-12,18H,1-2H3,(H,24,26)(H,21,22,23)/t18-/m1/s1. The molecule has 0 aliphatic carbocycles. The van der Waals surface area contributed by atoms with Crippen molar-refractivity contribution in [2.75, 3.05) is 17.7 Å². The summed E-state index contributed by atoms with van der Waals surface area (Å²) in [7, 11) is 1.62. The zero-order chi connectivity index (χ0) is 18.8. The average molecular weight is 361 g/mol. The molecule has 2 aromatic carbocycles. The highest BCUT2D eigenvalue weighted by Crippen LogP contribution is 2.35. The second kappa shape index (κ2) is 6.95. The van der Waals surface area contributed by atoms with E-state index in [0.29, 0.717) is 11.5 Å². The predicted molar refractivity (Wildman–Crippen MR) is 103 cm³/mol. The minimum atomic E-state index is -0.390. The number of nitrogens with one attached hydrogen (secondary N) is 2. The van der Waals surface area contributed by atoms with Gasteiger partial charge in [-0.25, -0.2) is 4.68 Å². The van der Waals surface area contributed by atoms with Crippen molar-refractivity contribution in [3.05, 3.63) is 77.8 Å². The Balaban J connectivity index is 1.75. The van der Waals surface area contributed by atoms with Gasteiger partial charge >= 0.3 is 0 Å². The number of ether oxygens (including phenoxy) is 1. The molecular formula is C20H19N5O2. The van der Waals surface area contributed by atoms with Crippen LogP contribution in [0.4, 0.5) is 11.6 Å². The van der Waals surface area contributed by atoms with Crippen LogP contribution in [0.25, 0.3) is 0 Å². The van der Waals surface area contributed by atoms with E-state index in [9.17, 15) is 4.79 Å². The van der Waals surface area contributed by atoms with Gasteiger partial charge in [0.05, 0.1) is 12.7 Å². The van der Waals surface area contributed by atoms with E-state index in [0.717, 1.165) is 22.7 Å². The van der Waals surface area contributed by atoms with E-state index in [1.54, 1.807) is 11.8 Å². The van der Waals surface area contributed by atoms with Gasteiger partial charge in [0.2, 0.25) is 5.95 Å². The molecule has 0 radical (unpaired) electrons. The fourth-order valence-corrected chi connectivity index (χ4v) is 3.20. The van der Waals surface area contributed by atoms with E-state index in [-0.39, 0.29) is 5.91 Å². The summed E-state index contributed by atoms with van der Waals surface area (Å²) in [6, 6.07) is 16.6. The molecule has 0 saturated carbocycles. The number of allylic oxidation sites excluding steroid dienone is 1. The summed E-state index contributed by atoms with van der Waals surface area (Å²) in [6.07, 6.45) is 1.48. The average Bonchev–Trinajstić information content (AvgIpc) is 3.15. The van der Waals surface area contributed by atoms with Gasteiger partial charge in [0.25, 0.3) is 5.91 Å². The highest BCUT2D eigenvalue weighted by atomic mass is 16.5. The molecule has 1 aliphatic rings. The van der Waals surface area contributed by atoms with Crippen molar-refractivity contribution in [2.24, 2.45) is 0 Å². The molecule has 2 N–H and O–H groups in total. The molecule has 1 aromatic heterocycles. The van der Waals surface area contributed by atoms with E-state index >= 15 is 0 Å². The molecule has 0 saturated heterocycles. The summed E-state index contributed by atoms with van der Waals surface area (Å²) in [4.78, 5) is 17.4. The van der Waals surface area contributed by atoms with Crippen molar-refractivity contribution >= 4 is 17.5 Å². The third-order valence-electron chi connectivity index (χ3n) is 4.50. The van der Waals surface area contributed by atoms with Gasteiger partial charge in [-0.3, -0.25) is 4.79 Å². The van der Waals surface area contributed by atoms with Crippen molar-refractivity contribution in [3.63, 3.8) is 0 Å². The third-order valence-corrected chi connectivity index (χ3v) is 4.50. The van der Waals surface area contributed by atoms with Crippen LogP contribution in [-0.2, 0) is 4.79 Å². The molecule has 3 aromatic rings. The van der Waals surface area contributed by atoms with Crippen LogP contribution in [0.15, 0.2) is 72.2 Å². The first kappa shape index (κ1) is 16.8. The molecule has 0 spiro atoms. The number of amides is 1. The zero-order valence-corrected chi connectivity index (χ0v) is 15.0. The van der Waals surface area contributed by atoms with Crippen LogP contribution in [0.3, 0.4) is 0 Å². The van der Waals surface area contributed by atoms with E-state index in [2.05, 4.69) is 20.7 Å². The molecule has 1 amide bonds. The predicted octanol–water partition coefficient (Wildman–Crippen LogP) is 3.21. The van der Waals surface area contributed by atoms with Crippen molar-refractivity contribution in [3.8, 4) is 5.75 Å². The largest absolute Gasteiger partial charge is 0.497 e. The number of hydrogen-bond donors (Lipinski definition) is 2. The first-order valence-corrected chi connectivity index (χ1v) is 8.55. The topological polar surface area (TPSA) is 81.1 Å². The monoisotopic (exact) mass is 361 g/mol. The number of nitrogens with zero attached hydrogens (tertiary/aromatic N) is 3. The Morgan fingerprint density at radius 1 is 1.15 bits per heavy atom. The summed E-state index contributed by atoms with van der Waals surface area (Å²) >= 11 is 0. The zero-order valence-electron chi connectivity index (χ0n) is 15.0. The summed E-state index contributed by atoms with van der Waals surface area (Å²) in [5.41, 5.74) is 2.98. The molecule has 7 heteroatoms. The summed E-state index contributed by atoms with van der Waals surface area (Å²) in [5.74, 6) is 1.17. The van der Waals surface area contributed by atoms with Gasteiger partial charge in [0.1, 0.15) is 18.1 Å². The number of hydrogen-bond acceptors (Lipinski definition) is 5. The molecular weight excluding hydrogens is 342 g/mol. The normalized spacial score (nSPS) is 15.7. The van der Waals surface area contributed by atoms with Gasteiger partial charge in [-0.2, -0.15) is 10.1 Å². The Morgan fingerprint density at radius 2 is 1.89 bits per heavy atom. The second-order valence-corrected chi connectivity index (χ2v) is 6.19. The number of fused-ring (bicyclic) bond motifs is 1. The minimum Gasteiger partial charge on any atom is -0.497 e. The molecule has 1 atom stereocenters. The van der Waals surface area contributed by atoms with E-state index in [1.807, 2.05) is 61.5 Å². The van der Waals surface area contributed by atoms with Gasteiger partial charge < -0.3 is 15.4 Å². The number of aromatic nitrogens is 3. The fraction of sp³-hybridized carbons (Fsp3) is 0.150. The van der Waals surface area contributed by atoms with Crippen LogP contribution in [0.1, 0.15) is 18.5 Å². The third kappa shape index (κ3) is 3.15. The maximum absolute atomic E-state index is 13.1. The molecule has 7 nitrogen and oxygen atoms in total. The van der Waals surface area contributed by atoms with Gasteiger partial charge in [0, 0.05) is 11.4 Å². The first-order valence-electron chi connectivity index (χ1n) is 8.55. The first-order chi connectivity index (χ1) is 13.2. The van der Waals surface area contributed by atoms with E-state index < -0.39 is 6.04 Å². The number of rotatable bonds is 4. The Kier molecular flexibility index (Phi) is 4.33. The van der Waals surface area contributed by atoms with Gasteiger partial charge in [-0.05, 0) is 36.8 Å². The lowest BCUT2D eigenvalue weighted by Crippen LogP contribution is -2.31. The fourth-order valence-electron chi connectivity index (χ4n) is 3.20. The molecule has 2 heterocycles. The Morgan fingerprint density at radius 3 is 2.59 bits per heavy atom. The van der Waals surface area contributed by atoms with Crippen LogP contribution in [0.2, 0.25) is 0 Å². The van der Waals surface area contributed by atoms with Gasteiger partial charge in [-0.1, -0.05) is 30.3 Å². The molecule has 0 bridgehead atoms. The van der Waals surface area contributed by atoms with Crippen LogP contribution in [0.5, 0.6) is 5.75 Å². The van der Waals surface area contributed by atoms with Crippen LogP contribution >= 0.6 is 0 Å². The lowest BCUT2D eigenvalue weighted by atomic mass is 9.95. The highest BCUT2D eigenvalue weighted by Gasteiger charge is 2.33. The SMILES string of the molecule is COc1ccc([C@@H]2C(C(=O)Nc3ccccc3)=C(C)Nc3ncnn32)cc1. The Hall–Kier alpha value is -3.61. The van der Waals surface area contributed by atoms with Gasteiger partial charge in [0.15, 0.2) is 0 Å². The number of benzene rings is 2. The summed E-state index contributed by atoms with van der Waals surface area (Å²) < 4.78 is 6.96. The molecule has 0 fully saturated rings. The highest BCUT2D eigenvalue weighted by molar-refractivity contribution is 6.06.